The molecule has 0 aliphatic heterocycles. The van der Waals surface area contributed by atoms with Gasteiger partial charge in [-0.05, 0) is 49.0 Å². The number of benzene rings is 1. The average Bonchev–Trinajstić information content (AvgIpc) is 3.21. The molecule has 0 bridgehead atoms. The summed E-state index contributed by atoms with van der Waals surface area (Å²) in [6.07, 6.45) is 1.71. The second kappa shape index (κ2) is 7.93. The highest BCUT2D eigenvalue weighted by Crippen LogP contribution is 2.36. The quantitative estimate of drug-likeness (QED) is 0.663. The molecule has 2 heterocycles. The van der Waals surface area contributed by atoms with Crippen LogP contribution in [0.2, 0.25) is 0 Å². The van der Waals surface area contributed by atoms with Gasteiger partial charge in [0.2, 0.25) is 0 Å². The van der Waals surface area contributed by atoms with E-state index in [4.69, 9.17) is 4.42 Å². The summed E-state index contributed by atoms with van der Waals surface area (Å²) in [5, 5.41) is 8.44. The number of aryl methyl sites for hydroxylation is 1. The van der Waals surface area contributed by atoms with Crippen molar-refractivity contribution in [2.24, 2.45) is 0 Å². The highest BCUT2D eigenvalue weighted by molar-refractivity contribution is 7.03. The summed E-state index contributed by atoms with van der Waals surface area (Å²) in [6.45, 7) is 2.19. The Morgan fingerprint density at radius 3 is 2.64 bits per heavy atom. The van der Waals surface area contributed by atoms with Gasteiger partial charge < -0.3 is 14.6 Å². The van der Waals surface area contributed by atoms with E-state index in [-0.39, 0.29) is 23.6 Å². The van der Waals surface area contributed by atoms with E-state index in [2.05, 4.69) is 14.9 Å². The van der Waals surface area contributed by atoms with Gasteiger partial charge in [0.15, 0.2) is 11.7 Å². The maximum Gasteiger partial charge on any atom is 0.276 e. The minimum absolute atomic E-state index is 0.00733. The van der Waals surface area contributed by atoms with Crippen molar-refractivity contribution < 1.29 is 14.0 Å². The smallest absolute Gasteiger partial charge is 0.276 e. The van der Waals surface area contributed by atoms with E-state index in [0.717, 1.165) is 29.9 Å². The number of nitrogens with one attached hydrogen (secondary N) is 1. The molecule has 8 heteroatoms. The highest BCUT2D eigenvalue weighted by atomic mass is 32.1. The van der Waals surface area contributed by atoms with Crippen molar-refractivity contribution >= 4 is 23.3 Å². The zero-order valence-electron chi connectivity index (χ0n) is 15.4. The first-order valence-electron chi connectivity index (χ1n) is 9.11. The van der Waals surface area contributed by atoms with E-state index in [1.54, 1.807) is 22.4 Å². The van der Waals surface area contributed by atoms with Crippen molar-refractivity contribution in [3.63, 3.8) is 0 Å². The number of nitrogens with zero attached hydrogens (tertiary/aromatic N) is 3. The van der Waals surface area contributed by atoms with Gasteiger partial charge in [0.25, 0.3) is 11.8 Å². The molecule has 1 fully saturated rings. The molecule has 0 spiro atoms. The fourth-order valence-corrected chi connectivity index (χ4v) is 3.54. The second-order valence-corrected chi connectivity index (χ2v) is 7.40. The average molecular weight is 396 g/mol. The standard InChI is InChI=1S/C20H20N4O3S/c1-13-7-10-17(27-13)18(19(25)21-11-14-5-3-2-4-6-14)24(15-8-9-15)20(26)16-12-28-23-22-16/h2-7,10,12,15,18H,8-9,11H2,1H3,(H,21,25)/t18-/m1/s1. The molecule has 2 aromatic heterocycles. The summed E-state index contributed by atoms with van der Waals surface area (Å²) in [5.74, 6) is 0.563. The Balaban J connectivity index is 1.62. The number of carbonyl (C=O) groups is 2. The van der Waals surface area contributed by atoms with Gasteiger partial charge in [-0.3, -0.25) is 9.59 Å². The number of hydrogen-bond acceptors (Lipinski definition) is 6. The Morgan fingerprint density at radius 1 is 1.25 bits per heavy atom. The van der Waals surface area contributed by atoms with Crippen molar-refractivity contribution in [1.29, 1.82) is 0 Å². The van der Waals surface area contributed by atoms with Crippen LogP contribution in [-0.4, -0.2) is 32.3 Å². The summed E-state index contributed by atoms with van der Waals surface area (Å²) in [4.78, 5) is 27.9. The monoisotopic (exact) mass is 396 g/mol. The van der Waals surface area contributed by atoms with Crippen LogP contribution >= 0.6 is 11.5 Å². The number of rotatable bonds is 7. The molecule has 1 atom stereocenters. The molecule has 28 heavy (non-hydrogen) atoms. The Morgan fingerprint density at radius 2 is 2.04 bits per heavy atom. The zero-order chi connectivity index (χ0) is 19.5. The molecule has 2 amide bonds. The lowest BCUT2D eigenvalue weighted by Crippen LogP contribution is -2.44. The third-order valence-corrected chi connectivity index (χ3v) is 5.13. The third kappa shape index (κ3) is 3.96. The van der Waals surface area contributed by atoms with Crippen LogP contribution in [0.5, 0.6) is 0 Å². The second-order valence-electron chi connectivity index (χ2n) is 6.79. The molecule has 3 aromatic rings. The molecule has 1 aliphatic rings. The molecule has 0 unspecified atom stereocenters. The minimum atomic E-state index is -0.848. The van der Waals surface area contributed by atoms with Crippen molar-refractivity contribution in [3.05, 3.63) is 70.6 Å². The molecule has 1 N–H and O–H groups in total. The number of amides is 2. The number of hydrogen-bond donors (Lipinski definition) is 1. The van der Waals surface area contributed by atoms with E-state index in [1.165, 1.54) is 0 Å². The van der Waals surface area contributed by atoms with Gasteiger partial charge in [-0.25, -0.2) is 0 Å². The van der Waals surface area contributed by atoms with Crippen LogP contribution in [0.4, 0.5) is 0 Å². The summed E-state index contributed by atoms with van der Waals surface area (Å²) in [5.41, 5.74) is 1.24. The lowest BCUT2D eigenvalue weighted by atomic mass is 10.1. The normalized spacial score (nSPS) is 14.5. The van der Waals surface area contributed by atoms with E-state index < -0.39 is 6.04 Å². The Kier molecular flexibility index (Phi) is 5.21. The Bertz CT molecular complexity index is 951. The molecule has 7 nitrogen and oxygen atoms in total. The zero-order valence-corrected chi connectivity index (χ0v) is 16.2. The van der Waals surface area contributed by atoms with E-state index in [0.29, 0.717) is 18.1 Å². The van der Waals surface area contributed by atoms with Crippen molar-refractivity contribution in [2.45, 2.75) is 38.4 Å². The summed E-state index contributed by atoms with van der Waals surface area (Å²) < 4.78 is 9.54. The predicted octanol–water partition coefficient (Wildman–Crippen LogP) is 3.10. The molecule has 1 aromatic carbocycles. The lowest BCUT2D eigenvalue weighted by Gasteiger charge is -2.29. The molecule has 0 saturated heterocycles. The fourth-order valence-electron chi connectivity index (χ4n) is 3.11. The van der Waals surface area contributed by atoms with E-state index in [9.17, 15) is 9.59 Å². The van der Waals surface area contributed by atoms with Crippen molar-refractivity contribution in [2.75, 3.05) is 0 Å². The lowest BCUT2D eigenvalue weighted by molar-refractivity contribution is -0.126. The molecular weight excluding hydrogens is 376 g/mol. The van der Waals surface area contributed by atoms with Crippen molar-refractivity contribution in [1.82, 2.24) is 19.8 Å². The van der Waals surface area contributed by atoms with Crippen LogP contribution in [0.15, 0.2) is 52.3 Å². The maximum absolute atomic E-state index is 13.2. The molecule has 4 rings (SSSR count). The van der Waals surface area contributed by atoms with Crippen LogP contribution in [0, 0.1) is 6.92 Å². The molecule has 1 saturated carbocycles. The Hall–Kier alpha value is -3.00. The fraction of sp³-hybridized carbons (Fsp3) is 0.300. The molecule has 144 valence electrons. The maximum atomic E-state index is 13.2. The molecular formula is C20H20N4O3S. The van der Waals surface area contributed by atoms with Gasteiger partial charge in [0.05, 0.1) is 0 Å². The SMILES string of the molecule is Cc1ccc([C@H](C(=O)NCc2ccccc2)N(C(=O)c2csnn2)C2CC2)o1. The molecule has 0 radical (unpaired) electrons. The first-order valence-corrected chi connectivity index (χ1v) is 9.95. The van der Waals surface area contributed by atoms with Crippen molar-refractivity contribution in [3.8, 4) is 0 Å². The Labute approximate surface area is 166 Å². The van der Waals surface area contributed by atoms with E-state index >= 15 is 0 Å². The number of furan rings is 1. The summed E-state index contributed by atoms with van der Waals surface area (Å²) >= 11 is 1.11. The van der Waals surface area contributed by atoms with Crippen LogP contribution < -0.4 is 5.32 Å². The van der Waals surface area contributed by atoms with Gasteiger partial charge in [-0.1, -0.05) is 34.8 Å². The topological polar surface area (TPSA) is 88.3 Å². The van der Waals surface area contributed by atoms with Gasteiger partial charge in [0.1, 0.15) is 11.5 Å². The van der Waals surface area contributed by atoms with E-state index in [1.807, 2.05) is 37.3 Å². The summed E-state index contributed by atoms with van der Waals surface area (Å²) in [6, 6.07) is 12.3. The minimum Gasteiger partial charge on any atom is -0.464 e. The van der Waals surface area contributed by atoms with Gasteiger partial charge in [-0.15, -0.1) is 5.10 Å². The van der Waals surface area contributed by atoms with Crippen LogP contribution in [0.3, 0.4) is 0 Å². The first kappa shape index (κ1) is 18.4. The van der Waals surface area contributed by atoms with Gasteiger partial charge >= 0.3 is 0 Å². The third-order valence-electron chi connectivity index (χ3n) is 4.62. The summed E-state index contributed by atoms with van der Waals surface area (Å²) in [7, 11) is 0. The highest BCUT2D eigenvalue weighted by Gasteiger charge is 2.43. The predicted molar refractivity (Wildman–Crippen MR) is 104 cm³/mol. The van der Waals surface area contributed by atoms with Gasteiger partial charge in [-0.2, -0.15) is 0 Å². The largest absolute Gasteiger partial charge is 0.464 e. The first-order chi connectivity index (χ1) is 13.6. The van der Waals surface area contributed by atoms with Gasteiger partial charge in [0, 0.05) is 18.0 Å². The van der Waals surface area contributed by atoms with Crippen LogP contribution in [0.1, 0.15) is 46.5 Å². The van der Waals surface area contributed by atoms with Crippen LogP contribution in [0.25, 0.3) is 0 Å². The number of aromatic nitrogens is 2. The van der Waals surface area contributed by atoms with Crippen LogP contribution in [-0.2, 0) is 11.3 Å². The number of carbonyl (C=O) groups excluding carboxylic acids is 2. The molecule has 1 aliphatic carbocycles.